The Morgan fingerprint density at radius 2 is 0.854 bits per heavy atom. The van der Waals surface area contributed by atoms with Crippen LogP contribution in [-0.2, 0) is 22.4 Å². The molecule has 4 nitrogen and oxygen atoms in total. The fourth-order valence-electron chi connectivity index (χ4n) is 7.95. The molecule has 8 rings (SSSR count). The lowest BCUT2D eigenvalue weighted by molar-refractivity contribution is 0.144. The van der Waals surface area contributed by atoms with E-state index in [1.165, 1.54) is 54.7 Å². The highest BCUT2D eigenvalue weighted by molar-refractivity contribution is 6.70. The van der Waals surface area contributed by atoms with E-state index >= 15 is 0 Å². The standard InChI is InChI=1S/C42H42B2N2O2/c1-41(2)29-45(27-31-15-7-5-8-16-31)43(47-41)37-25-23-33-19-11-13-21-35(33)39(37)40-36-22-14-12-20-34(36)24-26-38(40)44-46(30-42(3,4)48-44)28-32-17-9-6-10-18-32/h5-26H,27-30H2,1-4H3. The van der Waals surface area contributed by atoms with E-state index in [9.17, 15) is 0 Å². The van der Waals surface area contributed by atoms with Crippen molar-refractivity contribution >= 4 is 46.6 Å². The molecule has 6 aromatic carbocycles. The van der Waals surface area contributed by atoms with E-state index in [1.54, 1.807) is 0 Å². The fraction of sp³-hybridized carbons (Fsp3) is 0.238. The number of nitrogens with zero attached hydrogens (tertiary/aromatic N) is 2. The van der Waals surface area contributed by atoms with Crippen molar-refractivity contribution in [3.8, 4) is 11.1 Å². The highest BCUT2D eigenvalue weighted by Crippen LogP contribution is 2.37. The molecule has 0 spiro atoms. The Morgan fingerprint density at radius 1 is 0.479 bits per heavy atom. The second kappa shape index (κ2) is 12.4. The number of hydrogen-bond acceptors (Lipinski definition) is 4. The Morgan fingerprint density at radius 3 is 1.27 bits per heavy atom. The topological polar surface area (TPSA) is 24.9 Å². The molecule has 48 heavy (non-hydrogen) atoms. The summed E-state index contributed by atoms with van der Waals surface area (Å²) in [6, 6.07) is 48.3. The van der Waals surface area contributed by atoms with Crippen LogP contribution in [0.2, 0.25) is 0 Å². The molecule has 0 bridgehead atoms. The molecule has 0 unspecified atom stereocenters. The van der Waals surface area contributed by atoms with Crippen LogP contribution in [0, 0.1) is 0 Å². The predicted octanol–water partition coefficient (Wildman–Crippen LogP) is 7.67. The summed E-state index contributed by atoms with van der Waals surface area (Å²) in [5, 5.41) is 4.89. The highest BCUT2D eigenvalue weighted by atomic mass is 16.5. The average molecular weight is 628 g/mol. The van der Waals surface area contributed by atoms with E-state index in [4.69, 9.17) is 9.31 Å². The van der Waals surface area contributed by atoms with Crippen molar-refractivity contribution in [2.45, 2.75) is 52.0 Å². The normalized spacial score (nSPS) is 17.9. The van der Waals surface area contributed by atoms with Crippen molar-refractivity contribution in [3.63, 3.8) is 0 Å². The Bertz CT molecular complexity index is 1930. The van der Waals surface area contributed by atoms with E-state index in [-0.39, 0.29) is 25.3 Å². The van der Waals surface area contributed by atoms with E-state index < -0.39 is 0 Å². The van der Waals surface area contributed by atoms with Gasteiger partial charge in [-0.05, 0) is 82.4 Å². The van der Waals surface area contributed by atoms with Crippen molar-refractivity contribution in [3.05, 3.63) is 145 Å². The van der Waals surface area contributed by atoms with Gasteiger partial charge in [0.15, 0.2) is 0 Å². The van der Waals surface area contributed by atoms with Gasteiger partial charge in [-0.2, -0.15) is 0 Å². The SMILES string of the molecule is CC1(C)CN(Cc2ccccc2)B(c2ccc3ccccc3c2-c2c(B3OC(C)(C)CN3Cc3ccccc3)ccc3ccccc23)O1. The molecule has 0 N–H and O–H groups in total. The van der Waals surface area contributed by atoms with Crippen molar-refractivity contribution < 1.29 is 9.31 Å². The maximum Gasteiger partial charge on any atom is 0.420 e. The molecule has 0 aromatic heterocycles. The van der Waals surface area contributed by atoms with Gasteiger partial charge in [-0.3, -0.25) is 0 Å². The van der Waals surface area contributed by atoms with Gasteiger partial charge in [-0.1, -0.05) is 133 Å². The van der Waals surface area contributed by atoms with Gasteiger partial charge < -0.3 is 18.9 Å². The Balaban J connectivity index is 1.36. The fourth-order valence-corrected chi connectivity index (χ4v) is 7.95. The first kappa shape index (κ1) is 31.1. The van der Waals surface area contributed by atoms with Gasteiger partial charge in [-0.15, -0.1) is 0 Å². The average Bonchev–Trinajstić information content (AvgIpc) is 3.57. The molecule has 0 saturated carbocycles. The lowest BCUT2D eigenvalue weighted by Crippen LogP contribution is -2.48. The van der Waals surface area contributed by atoms with Crippen molar-refractivity contribution in [1.29, 1.82) is 0 Å². The zero-order chi connectivity index (χ0) is 32.9. The largest absolute Gasteiger partial charge is 0.420 e. The Kier molecular flexibility index (Phi) is 8.01. The van der Waals surface area contributed by atoms with E-state index in [0.717, 1.165) is 26.2 Å². The molecule has 0 atom stereocenters. The lowest BCUT2D eigenvalue weighted by Gasteiger charge is -2.27. The van der Waals surface area contributed by atoms with Crippen LogP contribution < -0.4 is 10.9 Å². The molecule has 0 amide bonds. The zero-order valence-corrected chi connectivity index (χ0v) is 28.4. The second-order valence-corrected chi connectivity index (χ2v) is 14.7. The molecule has 2 heterocycles. The third kappa shape index (κ3) is 5.99. The van der Waals surface area contributed by atoms with Gasteiger partial charge in [0.2, 0.25) is 0 Å². The summed E-state index contributed by atoms with van der Waals surface area (Å²) in [6.45, 7) is 12.2. The van der Waals surface area contributed by atoms with E-state index in [1.807, 2.05) is 0 Å². The minimum Gasteiger partial charge on any atom is -0.411 e. The summed E-state index contributed by atoms with van der Waals surface area (Å²) in [7, 11) is -0.430. The van der Waals surface area contributed by atoms with Crippen LogP contribution in [0.15, 0.2) is 133 Å². The van der Waals surface area contributed by atoms with E-state index in [0.29, 0.717) is 0 Å². The monoisotopic (exact) mass is 628 g/mol. The third-order valence-electron chi connectivity index (χ3n) is 9.85. The number of hydrogen-bond donors (Lipinski definition) is 0. The summed E-state index contributed by atoms with van der Waals surface area (Å²) in [6.07, 6.45) is 0. The maximum absolute atomic E-state index is 7.03. The van der Waals surface area contributed by atoms with Gasteiger partial charge in [0.1, 0.15) is 0 Å². The second-order valence-electron chi connectivity index (χ2n) is 14.7. The molecule has 0 radical (unpaired) electrons. The Hall–Kier alpha value is -4.19. The van der Waals surface area contributed by atoms with Gasteiger partial charge in [-0.25, -0.2) is 0 Å². The van der Waals surface area contributed by atoms with Gasteiger partial charge in [0.05, 0.1) is 11.2 Å². The number of fused-ring (bicyclic) bond motifs is 2. The highest BCUT2D eigenvalue weighted by Gasteiger charge is 2.47. The Labute approximate surface area is 285 Å². The molecular formula is C42H42B2N2O2. The molecule has 6 heteroatoms. The summed E-state index contributed by atoms with van der Waals surface area (Å²) >= 11 is 0. The number of benzene rings is 6. The van der Waals surface area contributed by atoms with Crippen molar-refractivity contribution in [2.24, 2.45) is 0 Å². The predicted molar refractivity (Wildman–Crippen MR) is 202 cm³/mol. The summed E-state index contributed by atoms with van der Waals surface area (Å²) in [5.74, 6) is 0. The zero-order valence-electron chi connectivity index (χ0n) is 28.4. The molecule has 6 aromatic rings. The van der Waals surface area contributed by atoms with Crippen LogP contribution >= 0.6 is 0 Å². The molecular weight excluding hydrogens is 586 g/mol. The van der Waals surface area contributed by atoms with Crippen LogP contribution in [0.3, 0.4) is 0 Å². The molecule has 0 aliphatic carbocycles. The lowest BCUT2D eigenvalue weighted by atomic mass is 9.62. The minimum atomic E-state index is -0.297. The quantitative estimate of drug-likeness (QED) is 0.170. The van der Waals surface area contributed by atoms with Crippen molar-refractivity contribution in [2.75, 3.05) is 13.1 Å². The number of rotatable bonds is 7. The molecule has 2 aliphatic heterocycles. The minimum absolute atomic E-state index is 0.215. The first-order valence-corrected chi connectivity index (χ1v) is 17.2. The third-order valence-corrected chi connectivity index (χ3v) is 9.85. The van der Waals surface area contributed by atoms with Crippen LogP contribution in [0.4, 0.5) is 0 Å². The van der Waals surface area contributed by atoms with Gasteiger partial charge in [0.25, 0.3) is 0 Å². The molecule has 2 aliphatic rings. The van der Waals surface area contributed by atoms with Crippen LogP contribution in [-0.4, -0.2) is 48.0 Å². The smallest absolute Gasteiger partial charge is 0.411 e. The molecule has 238 valence electrons. The van der Waals surface area contributed by atoms with Crippen LogP contribution in [0.5, 0.6) is 0 Å². The van der Waals surface area contributed by atoms with Gasteiger partial charge >= 0.3 is 14.1 Å². The molecule has 2 saturated heterocycles. The van der Waals surface area contributed by atoms with E-state index in [2.05, 4.69) is 171 Å². The molecule has 2 fully saturated rings. The summed E-state index contributed by atoms with van der Waals surface area (Å²) < 4.78 is 14.1. The first-order chi connectivity index (χ1) is 23.2. The first-order valence-electron chi connectivity index (χ1n) is 17.2. The van der Waals surface area contributed by atoms with Crippen molar-refractivity contribution in [1.82, 2.24) is 9.62 Å². The van der Waals surface area contributed by atoms with Gasteiger partial charge in [0, 0.05) is 26.2 Å². The maximum atomic E-state index is 7.03. The van der Waals surface area contributed by atoms with Crippen LogP contribution in [0.25, 0.3) is 32.7 Å². The summed E-state index contributed by atoms with van der Waals surface area (Å²) in [4.78, 5) is 5.01. The van der Waals surface area contributed by atoms with Crippen LogP contribution in [0.1, 0.15) is 38.8 Å². The summed E-state index contributed by atoms with van der Waals surface area (Å²) in [5.41, 5.74) is 6.83.